The number of hydrogen-bond donors (Lipinski definition) is 1. The van der Waals surface area contributed by atoms with Gasteiger partial charge in [0, 0.05) is 38.1 Å². The van der Waals surface area contributed by atoms with E-state index in [0.29, 0.717) is 25.0 Å². The van der Waals surface area contributed by atoms with E-state index in [4.69, 9.17) is 9.57 Å². The molecule has 154 valence electrons. The third-order valence-corrected chi connectivity index (χ3v) is 5.91. The van der Waals surface area contributed by atoms with Crippen molar-refractivity contribution in [3.63, 3.8) is 0 Å². The van der Waals surface area contributed by atoms with Gasteiger partial charge in [0.2, 0.25) is 5.91 Å². The summed E-state index contributed by atoms with van der Waals surface area (Å²) < 4.78 is 5.19. The fourth-order valence-electron chi connectivity index (χ4n) is 4.60. The van der Waals surface area contributed by atoms with Crippen molar-refractivity contribution in [1.82, 2.24) is 15.3 Å². The molecule has 2 aliphatic heterocycles. The largest absolute Gasteiger partial charge is 0.528 e. The molecule has 0 aromatic carbocycles. The van der Waals surface area contributed by atoms with Gasteiger partial charge in [-0.15, -0.1) is 5.06 Å². The maximum absolute atomic E-state index is 12.3. The number of nitrogens with zero attached hydrogens (tertiary/aromatic N) is 2. The Morgan fingerprint density at radius 1 is 1.15 bits per heavy atom. The summed E-state index contributed by atoms with van der Waals surface area (Å²) in [6.07, 6.45) is 6.29. The predicted molar refractivity (Wildman–Crippen MR) is 102 cm³/mol. The zero-order valence-electron chi connectivity index (χ0n) is 17.0. The summed E-state index contributed by atoms with van der Waals surface area (Å²) in [6.45, 7) is 9.59. The predicted octanol–water partition coefficient (Wildman–Crippen LogP) is 2.56. The summed E-state index contributed by atoms with van der Waals surface area (Å²) in [5.74, 6) is 1.06. The average Bonchev–Trinajstić information content (AvgIpc) is 2.90. The smallest absolute Gasteiger partial charge is 0.427 e. The number of carbonyl (C=O) groups excluding carboxylic acids is 2. The molecule has 27 heavy (non-hydrogen) atoms. The van der Waals surface area contributed by atoms with Crippen LogP contribution in [-0.4, -0.2) is 66.4 Å². The van der Waals surface area contributed by atoms with Gasteiger partial charge in [0.15, 0.2) is 0 Å². The molecule has 2 heterocycles. The van der Waals surface area contributed by atoms with Gasteiger partial charge in [0.05, 0.1) is 0 Å². The Morgan fingerprint density at radius 2 is 1.85 bits per heavy atom. The van der Waals surface area contributed by atoms with E-state index in [1.165, 1.54) is 19.3 Å². The minimum atomic E-state index is -0.634. The average molecular weight is 382 g/mol. The van der Waals surface area contributed by atoms with Crippen molar-refractivity contribution in [2.24, 2.45) is 11.8 Å². The van der Waals surface area contributed by atoms with Crippen LogP contribution in [0.5, 0.6) is 0 Å². The maximum Gasteiger partial charge on any atom is 0.528 e. The van der Waals surface area contributed by atoms with Crippen molar-refractivity contribution in [1.29, 1.82) is 0 Å². The van der Waals surface area contributed by atoms with Gasteiger partial charge in [-0.05, 0) is 58.9 Å². The van der Waals surface area contributed by atoms with Crippen LogP contribution in [0.1, 0.15) is 59.3 Å². The lowest BCUT2D eigenvalue weighted by molar-refractivity contribution is -0.158. The van der Waals surface area contributed by atoms with Gasteiger partial charge < -0.3 is 19.8 Å². The number of hydroxylamine groups is 2. The summed E-state index contributed by atoms with van der Waals surface area (Å²) in [5.41, 5.74) is -0.539. The lowest BCUT2D eigenvalue weighted by Gasteiger charge is -2.33. The molecule has 3 aliphatic rings. The molecule has 7 nitrogen and oxygen atoms in total. The first-order valence-electron chi connectivity index (χ1n) is 10.5. The first kappa shape index (κ1) is 20.4. The van der Waals surface area contributed by atoms with Crippen LogP contribution in [0.25, 0.3) is 0 Å². The van der Waals surface area contributed by atoms with Crippen molar-refractivity contribution in [3.8, 4) is 0 Å². The summed E-state index contributed by atoms with van der Waals surface area (Å²) >= 11 is 0. The Morgan fingerprint density at radius 3 is 2.56 bits per heavy atom. The van der Waals surface area contributed by atoms with E-state index in [1.807, 2.05) is 20.8 Å². The first-order chi connectivity index (χ1) is 12.8. The van der Waals surface area contributed by atoms with E-state index in [9.17, 15) is 9.59 Å². The van der Waals surface area contributed by atoms with E-state index >= 15 is 0 Å². The molecule has 3 rings (SSSR count). The number of hydrogen-bond acceptors (Lipinski definition) is 6. The molecule has 0 bridgehead atoms. The molecule has 0 aromatic heterocycles. The van der Waals surface area contributed by atoms with Crippen molar-refractivity contribution in [2.45, 2.75) is 70.9 Å². The van der Waals surface area contributed by atoms with E-state index in [0.717, 1.165) is 38.9 Å². The molecule has 7 heteroatoms. The van der Waals surface area contributed by atoms with Crippen LogP contribution in [0.15, 0.2) is 0 Å². The lowest BCUT2D eigenvalue weighted by Crippen LogP contribution is -2.47. The molecule has 1 aliphatic carbocycles. The highest BCUT2D eigenvalue weighted by molar-refractivity contribution is 5.81. The Bertz CT molecular complexity index is 526. The maximum atomic E-state index is 12.3. The fraction of sp³-hybridized carbons (Fsp3) is 0.900. The summed E-state index contributed by atoms with van der Waals surface area (Å²) in [5, 5.41) is 4.90. The summed E-state index contributed by atoms with van der Waals surface area (Å²) in [4.78, 5) is 31.7. The van der Waals surface area contributed by atoms with E-state index in [-0.39, 0.29) is 11.8 Å². The van der Waals surface area contributed by atoms with E-state index in [1.54, 1.807) is 5.06 Å². The van der Waals surface area contributed by atoms with Crippen LogP contribution in [0.3, 0.4) is 0 Å². The van der Waals surface area contributed by atoms with Gasteiger partial charge in [-0.25, -0.2) is 4.79 Å². The topological polar surface area (TPSA) is 71.1 Å². The van der Waals surface area contributed by atoms with Gasteiger partial charge >= 0.3 is 6.16 Å². The molecule has 0 radical (unpaired) electrons. The SMILES string of the molecule is CC(C)(C)OC(=O)ON1CCN(CCCC2C(=O)N[C@@H]3CCCC[C@@H]23)CC1. The number of amides is 1. The first-order valence-corrected chi connectivity index (χ1v) is 10.5. The number of ether oxygens (including phenoxy) is 1. The molecule has 3 fully saturated rings. The van der Waals surface area contributed by atoms with Crippen molar-refractivity contribution >= 4 is 12.1 Å². The van der Waals surface area contributed by atoms with Crippen LogP contribution in [0.4, 0.5) is 4.79 Å². The monoisotopic (exact) mass is 381 g/mol. The number of nitrogens with one attached hydrogen (secondary N) is 1. The van der Waals surface area contributed by atoms with Crippen LogP contribution < -0.4 is 5.32 Å². The Balaban J connectivity index is 1.33. The number of rotatable bonds is 5. The zero-order chi connectivity index (χ0) is 19.4. The van der Waals surface area contributed by atoms with Gasteiger partial charge in [0.1, 0.15) is 5.60 Å². The molecule has 3 atom stereocenters. The molecule has 1 amide bonds. The third kappa shape index (κ3) is 5.82. The molecular formula is C20H35N3O4. The quantitative estimate of drug-likeness (QED) is 0.738. The van der Waals surface area contributed by atoms with Crippen molar-refractivity contribution in [2.75, 3.05) is 32.7 Å². The van der Waals surface area contributed by atoms with Crippen molar-refractivity contribution in [3.05, 3.63) is 0 Å². The number of piperazine rings is 1. The van der Waals surface area contributed by atoms with E-state index < -0.39 is 11.8 Å². The molecular weight excluding hydrogens is 346 g/mol. The van der Waals surface area contributed by atoms with Crippen molar-refractivity contribution < 1.29 is 19.2 Å². The second-order valence-corrected chi connectivity index (χ2v) is 9.14. The summed E-state index contributed by atoms with van der Waals surface area (Å²) in [6, 6.07) is 0.435. The van der Waals surface area contributed by atoms with Gasteiger partial charge in [0.25, 0.3) is 0 Å². The minimum absolute atomic E-state index is 0.215. The van der Waals surface area contributed by atoms with Gasteiger partial charge in [-0.1, -0.05) is 12.8 Å². The number of carbonyl (C=O) groups is 2. The standard InChI is InChI=1S/C20H35N3O4/c1-20(2,3)26-19(25)27-23-13-11-22(12-14-23)10-6-8-16-15-7-4-5-9-17(15)21-18(16)24/h15-17H,4-14H2,1-3H3,(H,21,24)/t15-,16?,17+/m0/s1. The number of fused-ring (bicyclic) bond motifs is 1. The Kier molecular flexibility index (Phi) is 6.63. The molecule has 0 aromatic rings. The van der Waals surface area contributed by atoms with Crippen LogP contribution >= 0.6 is 0 Å². The second kappa shape index (κ2) is 8.78. The van der Waals surface area contributed by atoms with Crippen LogP contribution in [0.2, 0.25) is 0 Å². The molecule has 2 saturated heterocycles. The fourth-order valence-corrected chi connectivity index (χ4v) is 4.60. The van der Waals surface area contributed by atoms with Crippen LogP contribution in [0, 0.1) is 11.8 Å². The normalized spacial score (nSPS) is 29.9. The highest BCUT2D eigenvalue weighted by Crippen LogP contribution is 2.37. The van der Waals surface area contributed by atoms with Gasteiger partial charge in [-0.2, -0.15) is 0 Å². The minimum Gasteiger partial charge on any atom is -0.427 e. The highest BCUT2D eigenvalue weighted by atomic mass is 16.8. The van der Waals surface area contributed by atoms with Gasteiger partial charge in [-0.3, -0.25) is 4.79 Å². The second-order valence-electron chi connectivity index (χ2n) is 9.14. The Labute approximate surface area is 162 Å². The van der Waals surface area contributed by atoms with E-state index in [2.05, 4.69) is 10.2 Å². The lowest BCUT2D eigenvalue weighted by atomic mass is 9.78. The van der Waals surface area contributed by atoms with Crippen LogP contribution in [-0.2, 0) is 14.4 Å². The molecule has 1 N–H and O–H groups in total. The molecule has 1 saturated carbocycles. The summed E-state index contributed by atoms with van der Waals surface area (Å²) in [7, 11) is 0. The third-order valence-electron chi connectivity index (χ3n) is 5.91. The Hall–Kier alpha value is -1.34. The highest BCUT2D eigenvalue weighted by Gasteiger charge is 2.42. The molecule has 0 spiro atoms. The molecule has 1 unspecified atom stereocenters. The zero-order valence-corrected chi connectivity index (χ0v) is 17.0.